The number of aromatic nitrogens is 3. The monoisotopic (exact) mass is 772 g/mol. The molecule has 3 aromatic heterocycles. The van der Waals surface area contributed by atoms with Gasteiger partial charge in [0, 0.05) is 30.5 Å². The van der Waals surface area contributed by atoms with Gasteiger partial charge in [0.05, 0.1) is 11.2 Å². The molecule has 0 aliphatic heterocycles. The maximum absolute atomic E-state index is 12.9. The maximum Gasteiger partial charge on any atom is 0.433 e. The lowest BCUT2D eigenvalue weighted by Gasteiger charge is -2.28. The zero-order valence-corrected chi connectivity index (χ0v) is 27.3. The molecule has 246 valence electrons. The van der Waals surface area contributed by atoms with Crippen molar-refractivity contribution in [2.24, 2.45) is 0 Å². The number of nitrogens with one attached hydrogen (secondary N) is 1. The molecule has 0 saturated carbocycles. The van der Waals surface area contributed by atoms with Crippen LogP contribution in [0.1, 0.15) is 57.6 Å². The van der Waals surface area contributed by atoms with Crippen LogP contribution in [0.3, 0.4) is 0 Å². The van der Waals surface area contributed by atoms with Gasteiger partial charge >= 0.3 is 18.3 Å². The number of halogens is 8. The molecule has 3 aromatic rings. The van der Waals surface area contributed by atoms with Crippen LogP contribution < -0.4 is 14.8 Å². The second-order valence-electron chi connectivity index (χ2n) is 9.71. The van der Waals surface area contributed by atoms with Gasteiger partial charge < -0.3 is 19.9 Å². The van der Waals surface area contributed by atoms with Crippen LogP contribution in [-0.2, 0) is 27.5 Å². The number of carboxylic acid groups (broad SMARTS) is 1. The molecule has 0 radical (unpaired) electrons. The van der Waals surface area contributed by atoms with Gasteiger partial charge in [0.2, 0.25) is 0 Å². The quantitative estimate of drug-likeness (QED) is 0.160. The van der Waals surface area contributed by atoms with Crippen LogP contribution in [0, 0.1) is 0 Å². The number of ether oxygens (including phenoxy) is 2. The first kappa shape index (κ1) is 37.7. The van der Waals surface area contributed by atoms with E-state index < -0.39 is 53.4 Å². The van der Waals surface area contributed by atoms with Gasteiger partial charge in [0.1, 0.15) is 32.1 Å². The van der Waals surface area contributed by atoms with Crippen LogP contribution in [0.25, 0.3) is 0 Å². The molecule has 2 N–H and O–H groups in total. The highest BCUT2D eigenvalue weighted by molar-refractivity contribution is 9.10. The summed E-state index contributed by atoms with van der Waals surface area (Å²) in [7, 11) is 0. The van der Waals surface area contributed by atoms with Crippen molar-refractivity contribution in [1.29, 1.82) is 0 Å². The number of rotatable bonds is 10. The highest BCUT2D eigenvalue weighted by atomic mass is 79.9. The minimum atomic E-state index is -4.62. The van der Waals surface area contributed by atoms with Crippen LogP contribution in [0.2, 0.25) is 0 Å². The average molecular weight is 774 g/mol. The maximum atomic E-state index is 12.9. The van der Waals surface area contributed by atoms with Crippen molar-refractivity contribution < 1.29 is 50.5 Å². The van der Waals surface area contributed by atoms with Gasteiger partial charge in [-0.15, -0.1) is 0 Å². The van der Waals surface area contributed by atoms with Crippen LogP contribution >= 0.6 is 31.9 Å². The summed E-state index contributed by atoms with van der Waals surface area (Å²) in [5, 5.41) is 11.6. The van der Waals surface area contributed by atoms with Crippen molar-refractivity contribution in [3.05, 3.63) is 74.9 Å². The largest absolute Gasteiger partial charge is 0.480 e. The molecule has 3 heterocycles. The van der Waals surface area contributed by atoms with Gasteiger partial charge in [-0.1, -0.05) is 19.9 Å². The van der Waals surface area contributed by atoms with E-state index in [9.17, 15) is 35.9 Å². The van der Waals surface area contributed by atoms with Crippen LogP contribution in [-0.4, -0.2) is 44.1 Å². The van der Waals surface area contributed by atoms with Gasteiger partial charge in [-0.25, -0.2) is 14.8 Å². The van der Waals surface area contributed by atoms with Gasteiger partial charge in [0.25, 0.3) is 5.91 Å². The molecule has 2 unspecified atom stereocenters. The number of hydrogen-bond acceptors (Lipinski definition) is 7. The lowest BCUT2D eigenvalue weighted by Crippen LogP contribution is -2.47. The van der Waals surface area contributed by atoms with Gasteiger partial charge in [0.15, 0.2) is 12.2 Å². The minimum Gasteiger partial charge on any atom is -0.480 e. The smallest absolute Gasteiger partial charge is 0.433 e. The Kier molecular flexibility index (Phi) is 13.2. The average Bonchev–Trinajstić information content (AvgIpc) is 2.93. The fourth-order valence-electron chi connectivity index (χ4n) is 3.52. The van der Waals surface area contributed by atoms with E-state index in [4.69, 9.17) is 14.6 Å². The molecule has 0 aliphatic carbocycles. The first-order chi connectivity index (χ1) is 20.8. The number of carbonyl (C=O) groups is 2. The topological polar surface area (TPSA) is 124 Å². The number of hydrogen-bond donors (Lipinski definition) is 2. The molecular weight excluding hydrogens is 746 g/mol. The number of carbonyl (C=O) groups excluding carboxylic acids is 1. The van der Waals surface area contributed by atoms with E-state index in [1.54, 1.807) is 52.1 Å². The number of nitrogens with zero attached hydrogens (tertiary/aromatic N) is 3. The molecule has 0 aliphatic rings. The SMILES string of the molecule is CCC(Oc1cc(Br)nc(C(F)(F)F)c1)C(=O)NC(C)(C)c1ccccn1.CCC(Oc1cc(Br)nc(C(F)(F)F)c1)C(=O)O. The number of amides is 1. The highest BCUT2D eigenvalue weighted by Crippen LogP contribution is 2.33. The lowest BCUT2D eigenvalue weighted by molar-refractivity contribution is -0.145. The van der Waals surface area contributed by atoms with E-state index in [1.807, 2.05) is 0 Å². The van der Waals surface area contributed by atoms with Crippen molar-refractivity contribution in [1.82, 2.24) is 20.3 Å². The molecule has 0 spiro atoms. The third kappa shape index (κ3) is 11.8. The van der Waals surface area contributed by atoms with Crippen LogP contribution in [0.15, 0.2) is 57.9 Å². The summed E-state index contributed by atoms with van der Waals surface area (Å²) in [5.41, 5.74) is -2.37. The number of pyridine rings is 3. The Balaban J connectivity index is 0.000000341. The van der Waals surface area contributed by atoms with Gasteiger partial charge in [-0.05, 0) is 70.7 Å². The molecule has 0 saturated heterocycles. The Morgan fingerprint density at radius 3 is 1.67 bits per heavy atom. The fourth-order valence-corrected chi connectivity index (χ4v) is 4.35. The molecule has 0 aromatic carbocycles. The van der Waals surface area contributed by atoms with E-state index in [-0.39, 0.29) is 33.5 Å². The number of carboxylic acids is 1. The second-order valence-corrected chi connectivity index (χ2v) is 11.3. The summed E-state index contributed by atoms with van der Waals surface area (Å²) in [6.45, 7) is 6.83. The summed E-state index contributed by atoms with van der Waals surface area (Å²) < 4.78 is 86.5. The first-order valence-electron chi connectivity index (χ1n) is 13.1. The molecular formula is C28H28Br2F6N4O5. The molecule has 0 bridgehead atoms. The number of aliphatic carboxylic acids is 1. The fraction of sp³-hybridized carbons (Fsp3) is 0.393. The van der Waals surface area contributed by atoms with E-state index in [0.717, 1.165) is 6.07 Å². The Morgan fingerprint density at radius 2 is 1.29 bits per heavy atom. The third-order valence-corrected chi connectivity index (χ3v) is 6.54. The molecule has 3 rings (SSSR count). The summed E-state index contributed by atoms with van der Waals surface area (Å²) in [5.74, 6) is -1.98. The predicted molar refractivity (Wildman–Crippen MR) is 156 cm³/mol. The Morgan fingerprint density at radius 1 is 0.822 bits per heavy atom. The molecule has 2 atom stereocenters. The summed E-state index contributed by atoms with van der Waals surface area (Å²) in [6.07, 6.45) is -9.38. The first-order valence-corrected chi connectivity index (χ1v) is 14.6. The van der Waals surface area contributed by atoms with Crippen molar-refractivity contribution in [2.45, 2.75) is 70.6 Å². The van der Waals surface area contributed by atoms with Crippen molar-refractivity contribution in [3.8, 4) is 11.5 Å². The zero-order chi connectivity index (χ0) is 34.2. The Labute approximate surface area is 271 Å². The second kappa shape index (κ2) is 15.7. The molecule has 45 heavy (non-hydrogen) atoms. The molecule has 17 heteroatoms. The van der Waals surface area contributed by atoms with Gasteiger partial charge in [-0.3, -0.25) is 9.78 Å². The summed E-state index contributed by atoms with van der Waals surface area (Å²) in [6, 6.07) is 9.24. The zero-order valence-electron chi connectivity index (χ0n) is 24.1. The highest BCUT2D eigenvalue weighted by Gasteiger charge is 2.35. The summed E-state index contributed by atoms with van der Waals surface area (Å²) in [4.78, 5) is 34.2. The van der Waals surface area contributed by atoms with E-state index in [0.29, 0.717) is 11.8 Å². The van der Waals surface area contributed by atoms with Gasteiger partial charge in [-0.2, -0.15) is 26.3 Å². The third-order valence-electron chi connectivity index (χ3n) is 5.72. The predicted octanol–water partition coefficient (Wildman–Crippen LogP) is 7.57. The van der Waals surface area contributed by atoms with Crippen LogP contribution in [0.5, 0.6) is 11.5 Å². The van der Waals surface area contributed by atoms with Crippen molar-refractivity contribution in [3.63, 3.8) is 0 Å². The molecule has 9 nitrogen and oxygen atoms in total. The van der Waals surface area contributed by atoms with E-state index in [2.05, 4.69) is 52.1 Å². The van der Waals surface area contributed by atoms with Crippen molar-refractivity contribution >= 4 is 43.7 Å². The summed E-state index contributed by atoms with van der Waals surface area (Å²) >= 11 is 5.75. The molecule has 1 amide bonds. The Bertz CT molecular complexity index is 1460. The standard InChI is InChI=1S/C18H19BrF3N3O2.C10H9BrF3NO3/c1-4-12(16(26)25-17(2,3)13-7-5-6-8-23-13)27-11-9-14(18(20,21)22)24-15(19)10-11;1-2-6(9(16)17)18-5-3-7(10(12,13)14)15-8(11)4-5/h5-10,12H,4H2,1-3H3,(H,25,26);3-4,6H,2H2,1H3,(H,16,17). The van der Waals surface area contributed by atoms with E-state index in [1.165, 1.54) is 12.1 Å². The van der Waals surface area contributed by atoms with Crippen LogP contribution in [0.4, 0.5) is 26.3 Å². The number of alkyl halides is 6. The normalized spacial score (nSPS) is 13.2. The molecule has 0 fully saturated rings. The van der Waals surface area contributed by atoms with E-state index >= 15 is 0 Å². The Hall–Kier alpha value is -3.47. The van der Waals surface area contributed by atoms with Crippen molar-refractivity contribution in [2.75, 3.05) is 0 Å². The lowest BCUT2D eigenvalue weighted by atomic mass is 9.99. The minimum absolute atomic E-state index is 0.0311.